The predicted octanol–water partition coefficient (Wildman–Crippen LogP) is 2.76. The highest BCUT2D eigenvalue weighted by Crippen LogP contribution is 2.03. The maximum atomic E-state index is 4.29. The Kier molecular flexibility index (Phi) is 4.74. The highest BCUT2D eigenvalue weighted by atomic mass is 15.0. The van der Waals surface area contributed by atoms with Gasteiger partial charge in [-0.15, -0.1) is 0 Å². The summed E-state index contributed by atoms with van der Waals surface area (Å²) in [4.78, 5) is 4.29. The summed E-state index contributed by atoms with van der Waals surface area (Å²) >= 11 is 0. The van der Waals surface area contributed by atoms with Gasteiger partial charge in [0.05, 0.1) is 0 Å². The van der Waals surface area contributed by atoms with Crippen molar-refractivity contribution in [2.24, 2.45) is 4.99 Å². The Balaban J connectivity index is 4.26. The Morgan fingerprint density at radius 1 is 1.31 bits per heavy atom. The average Bonchev–Trinajstić information content (AvgIpc) is 1.81. The van der Waals surface area contributed by atoms with Crippen molar-refractivity contribution in [3.63, 3.8) is 0 Å². The molecule has 0 aromatic carbocycles. The van der Waals surface area contributed by atoms with Gasteiger partial charge in [0.25, 0.3) is 0 Å². The van der Waals surface area contributed by atoms with E-state index in [0.717, 1.165) is 12.3 Å². The van der Waals surface area contributed by atoms with E-state index in [9.17, 15) is 0 Å². The topological polar surface area (TPSA) is 24.4 Å². The summed E-state index contributed by atoms with van der Waals surface area (Å²) in [6, 6.07) is 0. The summed E-state index contributed by atoms with van der Waals surface area (Å²) in [6.45, 7) is 13.4. The molecule has 0 radical (unpaired) electrons. The third kappa shape index (κ3) is 7.57. The molecule has 76 valence electrons. The van der Waals surface area contributed by atoms with Crippen molar-refractivity contribution in [1.82, 2.24) is 5.32 Å². The van der Waals surface area contributed by atoms with Crippen molar-refractivity contribution in [1.29, 1.82) is 0 Å². The average molecular weight is 182 g/mol. The van der Waals surface area contributed by atoms with E-state index < -0.39 is 0 Å². The molecule has 0 aliphatic rings. The minimum absolute atomic E-state index is 0.132. The van der Waals surface area contributed by atoms with Crippen LogP contribution in [0, 0.1) is 0 Å². The van der Waals surface area contributed by atoms with Gasteiger partial charge in [0.15, 0.2) is 0 Å². The first kappa shape index (κ1) is 12.2. The maximum absolute atomic E-state index is 4.29. The van der Waals surface area contributed by atoms with Crippen molar-refractivity contribution < 1.29 is 0 Å². The monoisotopic (exact) mass is 182 g/mol. The molecular formula is C11H22N2. The van der Waals surface area contributed by atoms with Crippen molar-refractivity contribution in [2.45, 2.75) is 47.1 Å². The van der Waals surface area contributed by atoms with Crippen LogP contribution >= 0.6 is 0 Å². The minimum atomic E-state index is 0.132. The molecule has 0 bridgehead atoms. The minimum Gasteiger partial charge on any atom is -0.384 e. The first-order valence-electron chi connectivity index (χ1n) is 4.82. The van der Waals surface area contributed by atoms with E-state index in [4.69, 9.17) is 0 Å². The van der Waals surface area contributed by atoms with Crippen LogP contribution in [0.1, 0.15) is 41.5 Å². The molecule has 0 aromatic rings. The summed E-state index contributed by atoms with van der Waals surface area (Å²) < 4.78 is 0. The van der Waals surface area contributed by atoms with Crippen LogP contribution in [0.4, 0.5) is 0 Å². The molecule has 2 heteroatoms. The van der Waals surface area contributed by atoms with Gasteiger partial charge in [-0.1, -0.05) is 0 Å². The molecule has 0 heterocycles. The van der Waals surface area contributed by atoms with Crippen LogP contribution in [0.15, 0.2) is 16.8 Å². The Hall–Kier alpha value is -0.790. The van der Waals surface area contributed by atoms with E-state index in [2.05, 4.69) is 44.1 Å². The third-order valence-electron chi connectivity index (χ3n) is 1.41. The molecule has 0 spiro atoms. The SMILES string of the molecule is CCN=C(C)C=C(C)NC(C)(C)C. The normalized spacial score (nSPS) is 14.6. The fourth-order valence-electron chi connectivity index (χ4n) is 1.24. The molecule has 0 atom stereocenters. The molecule has 1 N–H and O–H groups in total. The second-order valence-electron chi connectivity index (χ2n) is 4.32. The molecule has 0 amide bonds. The largest absolute Gasteiger partial charge is 0.384 e. The van der Waals surface area contributed by atoms with Gasteiger partial charge >= 0.3 is 0 Å². The molecule has 0 aromatic heterocycles. The molecule has 13 heavy (non-hydrogen) atoms. The Bertz CT molecular complexity index is 207. The van der Waals surface area contributed by atoms with Gasteiger partial charge in [-0.05, 0) is 47.6 Å². The van der Waals surface area contributed by atoms with Crippen LogP contribution < -0.4 is 5.32 Å². The van der Waals surface area contributed by atoms with Gasteiger partial charge in [0, 0.05) is 23.5 Å². The van der Waals surface area contributed by atoms with E-state index in [0.29, 0.717) is 0 Å². The van der Waals surface area contributed by atoms with Gasteiger partial charge in [0.1, 0.15) is 0 Å². The first-order valence-corrected chi connectivity index (χ1v) is 4.82. The lowest BCUT2D eigenvalue weighted by molar-refractivity contribution is 0.474. The standard InChI is InChI=1S/C11H22N2/c1-7-12-9(2)8-10(3)13-11(4,5)6/h8,13H,7H2,1-6H3. The predicted molar refractivity (Wildman–Crippen MR) is 60.3 cm³/mol. The fourth-order valence-corrected chi connectivity index (χ4v) is 1.24. The fraction of sp³-hybridized carbons (Fsp3) is 0.727. The molecule has 0 aliphatic heterocycles. The van der Waals surface area contributed by atoms with Crippen LogP contribution in [-0.2, 0) is 0 Å². The van der Waals surface area contributed by atoms with Gasteiger partial charge in [-0.2, -0.15) is 0 Å². The smallest absolute Gasteiger partial charge is 0.0364 e. The van der Waals surface area contributed by atoms with Crippen LogP contribution in [-0.4, -0.2) is 17.8 Å². The molecule has 0 unspecified atom stereocenters. The van der Waals surface area contributed by atoms with E-state index in [-0.39, 0.29) is 5.54 Å². The van der Waals surface area contributed by atoms with E-state index in [1.807, 2.05) is 13.8 Å². The maximum Gasteiger partial charge on any atom is 0.0364 e. The summed E-state index contributed by atoms with van der Waals surface area (Å²) in [5, 5.41) is 3.39. The lowest BCUT2D eigenvalue weighted by Crippen LogP contribution is -2.34. The zero-order chi connectivity index (χ0) is 10.5. The van der Waals surface area contributed by atoms with E-state index in [1.165, 1.54) is 5.70 Å². The summed E-state index contributed by atoms with van der Waals surface area (Å²) in [7, 11) is 0. The van der Waals surface area contributed by atoms with Crippen molar-refractivity contribution in [3.05, 3.63) is 11.8 Å². The number of nitrogens with zero attached hydrogens (tertiary/aromatic N) is 1. The quantitative estimate of drug-likeness (QED) is 0.667. The Morgan fingerprint density at radius 3 is 2.23 bits per heavy atom. The van der Waals surface area contributed by atoms with Gasteiger partial charge in [-0.3, -0.25) is 4.99 Å². The summed E-state index contributed by atoms with van der Waals surface area (Å²) in [6.07, 6.45) is 2.08. The van der Waals surface area contributed by atoms with Crippen molar-refractivity contribution in [3.8, 4) is 0 Å². The number of nitrogens with one attached hydrogen (secondary N) is 1. The van der Waals surface area contributed by atoms with Gasteiger partial charge in [-0.25, -0.2) is 0 Å². The van der Waals surface area contributed by atoms with Crippen LogP contribution in [0.25, 0.3) is 0 Å². The number of rotatable bonds is 3. The number of hydrogen-bond acceptors (Lipinski definition) is 2. The summed E-state index contributed by atoms with van der Waals surface area (Å²) in [5.41, 5.74) is 2.38. The van der Waals surface area contributed by atoms with Gasteiger partial charge in [0.2, 0.25) is 0 Å². The molecule has 0 saturated carbocycles. The second kappa shape index (κ2) is 5.05. The first-order chi connectivity index (χ1) is 5.85. The van der Waals surface area contributed by atoms with E-state index in [1.54, 1.807) is 0 Å². The molecule has 0 saturated heterocycles. The number of aliphatic imine (C=N–C) groups is 1. The van der Waals surface area contributed by atoms with Crippen molar-refractivity contribution >= 4 is 5.71 Å². The molecule has 2 nitrogen and oxygen atoms in total. The highest BCUT2D eigenvalue weighted by molar-refractivity contribution is 5.93. The number of allylic oxidation sites excluding steroid dienone is 2. The third-order valence-corrected chi connectivity index (χ3v) is 1.41. The molecular weight excluding hydrogens is 160 g/mol. The van der Waals surface area contributed by atoms with Crippen LogP contribution in [0.3, 0.4) is 0 Å². The molecule has 0 fully saturated rings. The zero-order valence-electron chi connectivity index (χ0n) is 9.73. The Labute approximate surface area is 82.1 Å². The lowest BCUT2D eigenvalue weighted by atomic mass is 10.1. The highest BCUT2D eigenvalue weighted by Gasteiger charge is 2.07. The van der Waals surface area contributed by atoms with Gasteiger partial charge < -0.3 is 5.32 Å². The second-order valence-corrected chi connectivity index (χ2v) is 4.32. The molecule has 0 aliphatic carbocycles. The number of hydrogen-bond donors (Lipinski definition) is 1. The lowest BCUT2D eigenvalue weighted by Gasteiger charge is -2.22. The summed E-state index contributed by atoms with van der Waals surface area (Å²) in [5.74, 6) is 0. The Morgan fingerprint density at radius 2 is 1.85 bits per heavy atom. The zero-order valence-corrected chi connectivity index (χ0v) is 9.73. The van der Waals surface area contributed by atoms with Crippen LogP contribution in [0.5, 0.6) is 0 Å². The molecule has 0 rings (SSSR count). The van der Waals surface area contributed by atoms with Crippen LogP contribution in [0.2, 0.25) is 0 Å². The van der Waals surface area contributed by atoms with Crippen molar-refractivity contribution in [2.75, 3.05) is 6.54 Å². The van der Waals surface area contributed by atoms with E-state index >= 15 is 0 Å².